The van der Waals surface area contributed by atoms with E-state index in [4.69, 9.17) is 19.5 Å². The number of hydrogen-bond acceptors (Lipinski definition) is 18. The van der Waals surface area contributed by atoms with Crippen LogP contribution in [0.15, 0.2) is 24.8 Å². The maximum atomic E-state index is 12.7. The highest BCUT2D eigenvalue weighted by Gasteiger charge is 2.50. The number of ether oxygens (including phenoxy) is 1. The Bertz CT molecular complexity index is 1970. The van der Waals surface area contributed by atoms with Crippen LogP contribution >= 0.6 is 35.2 Å². The molecule has 1 fully saturated rings. The summed E-state index contributed by atoms with van der Waals surface area (Å²) in [6.07, 6.45) is 7.92. The molecular formula is C35H60N7O17P3S. The first-order chi connectivity index (χ1) is 29.6. The number of phosphoric acid groups is 3. The number of hydrogen-bond donors (Lipinski definition) is 9. The molecule has 0 aromatic carbocycles. The van der Waals surface area contributed by atoms with E-state index in [1.807, 2.05) is 0 Å². The predicted octanol–water partition coefficient (Wildman–Crippen LogP) is 3.14. The summed E-state index contributed by atoms with van der Waals surface area (Å²) in [5.41, 5.74) is 4.28. The van der Waals surface area contributed by atoms with E-state index >= 15 is 0 Å². The molecule has 3 heterocycles. The molecule has 3 rings (SSSR count). The maximum absolute atomic E-state index is 12.7. The predicted molar refractivity (Wildman–Crippen MR) is 228 cm³/mol. The average Bonchev–Trinajstić information content (AvgIpc) is 3.76. The van der Waals surface area contributed by atoms with E-state index in [0.717, 1.165) is 61.1 Å². The molecule has 0 aliphatic carbocycles. The number of phosphoric ester groups is 3. The number of rotatable bonds is 30. The third-order valence-corrected chi connectivity index (χ3v) is 13.4. The molecule has 1 aliphatic rings. The molecular weight excluding hydrogens is 915 g/mol. The van der Waals surface area contributed by atoms with Crippen molar-refractivity contribution in [3.05, 3.63) is 24.8 Å². The zero-order chi connectivity index (χ0) is 46.8. The lowest BCUT2D eigenvalue weighted by Crippen LogP contribution is -2.46. The number of aromatic nitrogens is 4. The first kappa shape index (κ1) is 54.6. The van der Waals surface area contributed by atoms with Gasteiger partial charge in [-0.1, -0.05) is 70.4 Å². The topological polar surface area (TPSA) is 364 Å². The van der Waals surface area contributed by atoms with Gasteiger partial charge >= 0.3 is 23.5 Å². The van der Waals surface area contributed by atoms with Crippen LogP contribution in [-0.4, -0.2) is 123 Å². The van der Waals surface area contributed by atoms with Gasteiger partial charge in [0.25, 0.3) is 0 Å². The van der Waals surface area contributed by atoms with E-state index in [2.05, 4.69) is 53.5 Å². The molecule has 1 saturated heterocycles. The summed E-state index contributed by atoms with van der Waals surface area (Å²) in [6, 6.07) is 0. The number of aliphatic hydroxyl groups is 2. The van der Waals surface area contributed by atoms with Crippen LogP contribution in [0.1, 0.15) is 97.6 Å². The lowest BCUT2D eigenvalue weighted by atomic mass is 9.87. The summed E-state index contributed by atoms with van der Waals surface area (Å²) >= 11 is 1.14. The summed E-state index contributed by atoms with van der Waals surface area (Å²) in [6.45, 7) is 2.75. The molecule has 7 atom stereocenters. The molecule has 1 aliphatic heterocycles. The smallest absolute Gasteiger partial charge is 0.386 e. The monoisotopic (exact) mass is 975 g/mol. The summed E-state index contributed by atoms with van der Waals surface area (Å²) in [7, 11) is -16.4. The van der Waals surface area contributed by atoms with E-state index < -0.39 is 84.6 Å². The number of amides is 2. The van der Waals surface area contributed by atoms with Crippen LogP contribution in [-0.2, 0) is 50.7 Å². The number of thioether (sulfide) groups is 1. The fourth-order valence-corrected chi connectivity index (χ4v) is 9.55. The van der Waals surface area contributed by atoms with Gasteiger partial charge in [-0.25, -0.2) is 28.6 Å². The largest absolute Gasteiger partial charge is 0.481 e. The number of allylic oxidation sites excluding steroid dienone is 2. The van der Waals surface area contributed by atoms with Crippen LogP contribution < -0.4 is 16.4 Å². The van der Waals surface area contributed by atoms with E-state index in [9.17, 15) is 57.9 Å². The second-order valence-electron chi connectivity index (χ2n) is 15.2. The molecule has 0 bridgehead atoms. The molecule has 24 nitrogen and oxygen atoms in total. The molecule has 358 valence electrons. The van der Waals surface area contributed by atoms with Gasteiger partial charge in [0.1, 0.15) is 36.3 Å². The standard InChI is InChI=1S/C35H60N7O17P3S/c1-4-5-6-7-8-9-10-11-12-13-14-15-26(44)63-19-18-37-25(43)16-17-38-33(47)30(46)35(2,3)21-56-62(53,54)59-61(51,52)55-20-24-29(58-60(48,49)50)28(45)34(57-24)42-23-41-27-31(36)39-22-40-32(27)42/h9-10,22-24,28-30,34,45-46H,4-8,11-21H2,1-3H3,(H,37,43)(H,38,47)(H,51,52)(H,53,54)(H2,36,39,40)(H2,48,49,50)/b10-9-/t24-,28-,29-,30+,34-/m1/s1. The molecule has 0 saturated carbocycles. The minimum Gasteiger partial charge on any atom is -0.386 e. The Kier molecular flexibility index (Phi) is 22.4. The summed E-state index contributed by atoms with van der Waals surface area (Å²) < 4.78 is 62.3. The fraction of sp³-hybridized carbons (Fsp3) is 0.714. The third kappa shape index (κ3) is 19.4. The molecule has 2 unspecified atom stereocenters. The summed E-state index contributed by atoms with van der Waals surface area (Å²) in [5.74, 6) is -1.04. The zero-order valence-corrected chi connectivity index (χ0v) is 38.8. The van der Waals surface area contributed by atoms with E-state index in [-0.39, 0.29) is 41.6 Å². The quantitative estimate of drug-likeness (QED) is 0.0308. The van der Waals surface area contributed by atoms with Crippen LogP contribution in [0.4, 0.5) is 5.82 Å². The average molecular weight is 976 g/mol. The van der Waals surface area contributed by atoms with E-state index in [0.29, 0.717) is 12.2 Å². The molecule has 2 aromatic rings. The zero-order valence-electron chi connectivity index (χ0n) is 35.3. The molecule has 2 aromatic heterocycles. The number of nitrogens with zero attached hydrogens (tertiary/aromatic N) is 4. The molecule has 10 N–H and O–H groups in total. The lowest BCUT2D eigenvalue weighted by molar-refractivity contribution is -0.137. The first-order valence-corrected chi connectivity index (χ1v) is 25.8. The number of anilines is 1. The number of aliphatic hydroxyl groups excluding tert-OH is 2. The molecule has 63 heavy (non-hydrogen) atoms. The van der Waals surface area contributed by atoms with Gasteiger partial charge in [0.15, 0.2) is 22.8 Å². The van der Waals surface area contributed by atoms with E-state index in [1.54, 1.807) is 0 Å². The van der Waals surface area contributed by atoms with Crippen molar-refractivity contribution in [2.75, 3.05) is 37.8 Å². The first-order valence-electron chi connectivity index (χ1n) is 20.3. The second kappa shape index (κ2) is 25.9. The number of nitrogens with one attached hydrogen (secondary N) is 2. The van der Waals surface area contributed by atoms with Crippen LogP contribution in [0.5, 0.6) is 0 Å². The Hall–Kier alpha value is -2.70. The number of imidazole rings is 1. The van der Waals surface area contributed by atoms with Crippen LogP contribution in [0.25, 0.3) is 11.2 Å². The maximum Gasteiger partial charge on any atom is 0.481 e. The van der Waals surface area contributed by atoms with Gasteiger partial charge in [-0.05, 0) is 32.1 Å². The van der Waals surface area contributed by atoms with Crippen LogP contribution in [0, 0.1) is 5.41 Å². The van der Waals surface area contributed by atoms with Gasteiger partial charge in [-0.2, -0.15) is 4.31 Å². The van der Waals surface area contributed by atoms with Crippen molar-refractivity contribution < 1.29 is 80.5 Å². The number of unbranched alkanes of at least 4 members (excludes halogenated alkanes) is 7. The molecule has 0 radical (unpaired) electrons. The fourth-order valence-electron chi connectivity index (χ4n) is 6.00. The van der Waals surface area contributed by atoms with Crippen LogP contribution in [0.3, 0.4) is 0 Å². The van der Waals surface area contributed by atoms with Gasteiger partial charge in [0.05, 0.1) is 19.5 Å². The highest BCUT2D eigenvalue weighted by Crippen LogP contribution is 2.61. The van der Waals surface area contributed by atoms with Crippen molar-refractivity contribution in [1.82, 2.24) is 30.2 Å². The van der Waals surface area contributed by atoms with Gasteiger partial charge in [-0.3, -0.25) is 32.5 Å². The Balaban J connectivity index is 1.36. The van der Waals surface area contributed by atoms with Crippen molar-refractivity contribution in [2.24, 2.45) is 5.41 Å². The van der Waals surface area contributed by atoms with Crippen molar-refractivity contribution >= 4 is 69.1 Å². The number of fused-ring (bicyclic) bond motifs is 1. The van der Waals surface area contributed by atoms with Crippen molar-refractivity contribution in [3.8, 4) is 0 Å². The second-order valence-corrected chi connectivity index (χ2v) is 20.6. The van der Waals surface area contributed by atoms with E-state index in [1.165, 1.54) is 39.5 Å². The Morgan fingerprint density at radius 2 is 1.62 bits per heavy atom. The Morgan fingerprint density at radius 1 is 0.952 bits per heavy atom. The normalized spacial score (nSPS) is 20.7. The highest BCUT2D eigenvalue weighted by molar-refractivity contribution is 8.13. The number of nitrogens with two attached hydrogens (primary N) is 1. The minimum atomic E-state index is -5.57. The van der Waals surface area contributed by atoms with Gasteiger partial charge < -0.3 is 50.9 Å². The number of nitrogen functional groups attached to an aromatic ring is 1. The summed E-state index contributed by atoms with van der Waals surface area (Å²) in [4.78, 5) is 88.1. The molecule has 0 spiro atoms. The minimum absolute atomic E-state index is 0.0324. The molecule has 2 amide bonds. The SMILES string of the molecule is CCCCCC/C=C\CCCCCC(=O)SCCNC(=O)CCNC(=O)[C@H](O)C(C)(C)COP(=O)(O)OP(=O)(O)OC[C@H]1O[C@@H](n2cnc3c(N)ncnc32)[C@H](O)[C@@H]1OP(=O)(O)O. The van der Waals surface area contributed by atoms with Crippen molar-refractivity contribution in [1.29, 1.82) is 0 Å². The van der Waals surface area contributed by atoms with Gasteiger partial charge in [0.2, 0.25) is 11.8 Å². The highest BCUT2D eigenvalue weighted by atomic mass is 32.2. The van der Waals surface area contributed by atoms with Gasteiger partial charge in [-0.15, -0.1) is 0 Å². The third-order valence-electron chi connectivity index (χ3n) is 9.41. The Morgan fingerprint density at radius 3 is 2.29 bits per heavy atom. The van der Waals surface area contributed by atoms with Crippen molar-refractivity contribution in [2.45, 2.75) is 122 Å². The lowest BCUT2D eigenvalue weighted by Gasteiger charge is -2.30. The molecule has 28 heteroatoms. The van der Waals surface area contributed by atoms with Crippen molar-refractivity contribution in [3.63, 3.8) is 0 Å². The number of carbonyl (C=O) groups is 3. The Labute approximate surface area is 368 Å². The van der Waals surface area contributed by atoms with Crippen LogP contribution in [0.2, 0.25) is 0 Å². The summed E-state index contributed by atoms with van der Waals surface area (Å²) in [5, 5.41) is 26.6. The van der Waals surface area contributed by atoms with Gasteiger partial charge in [0, 0.05) is 37.1 Å². The number of carbonyl (C=O) groups excluding carboxylic acids is 3.